The second-order valence-electron chi connectivity index (χ2n) is 5.74. The van der Waals surface area contributed by atoms with Gasteiger partial charge in [0.05, 0.1) is 6.10 Å². The highest BCUT2D eigenvalue weighted by atomic mass is 79.9. The Morgan fingerprint density at radius 1 is 1.37 bits per heavy atom. The van der Waals surface area contributed by atoms with Gasteiger partial charge in [0.25, 0.3) is 0 Å². The van der Waals surface area contributed by atoms with Gasteiger partial charge in [-0.25, -0.2) is 0 Å². The molecule has 0 aromatic heterocycles. The van der Waals surface area contributed by atoms with Gasteiger partial charge in [-0.05, 0) is 56.7 Å². The smallest absolute Gasteiger partial charge is 0.169 e. The summed E-state index contributed by atoms with van der Waals surface area (Å²) in [4.78, 5) is 12.7. The molecule has 19 heavy (non-hydrogen) atoms. The van der Waals surface area contributed by atoms with Crippen LogP contribution in [0.25, 0.3) is 0 Å². The van der Waals surface area contributed by atoms with Crippen molar-refractivity contribution in [2.45, 2.75) is 45.1 Å². The number of carbonyl (C=O) groups excluding carboxylic acids is 1. The number of ether oxygens (including phenoxy) is 1. The van der Waals surface area contributed by atoms with Crippen LogP contribution in [0.1, 0.15) is 48.5 Å². The molecule has 2 aliphatic rings. The maximum Gasteiger partial charge on any atom is 0.169 e. The summed E-state index contributed by atoms with van der Waals surface area (Å²) in [5.74, 6) is 0.360. The zero-order chi connectivity index (χ0) is 13.5. The standard InChI is InChI=1S/C16H19BrO2/c1-2-19-13-5-7-16(8-6-13)10-11-3-4-12(17)9-14(11)15(16)18/h3-4,9,13H,2,5-8,10H2,1H3/t13-,16+. The van der Waals surface area contributed by atoms with Crippen LogP contribution in [0.3, 0.4) is 0 Å². The molecule has 1 aromatic carbocycles. The fraction of sp³-hybridized carbons (Fsp3) is 0.562. The first kappa shape index (κ1) is 13.3. The number of hydrogen-bond donors (Lipinski definition) is 0. The lowest BCUT2D eigenvalue weighted by molar-refractivity contribution is 0.00748. The van der Waals surface area contributed by atoms with Crippen LogP contribution >= 0.6 is 15.9 Å². The Labute approximate surface area is 122 Å². The van der Waals surface area contributed by atoms with Crippen LogP contribution in [-0.2, 0) is 11.2 Å². The average Bonchev–Trinajstić information content (AvgIpc) is 2.67. The van der Waals surface area contributed by atoms with Crippen LogP contribution in [0.4, 0.5) is 0 Å². The van der Waals surface area contributed by atoms with E-state index < -0.39 is 0 Å². The Hall–Kier alpha value is -0.670. The van der Waals surface area contributed by atoms with Crippen molar-refractivity contribution in [2.75, 3.05) is 6.61 Å². The maximum atomic E-state index is 12.7. The van der Waals surface area contributed by atoms with Crippen LogP contribution in [0.15, 0.2) is 22.7 Å². The Balaban J connectivity index is 1.80. The van der Waals surface area contributed by atoms with E-state index in [4.69, 9.17) is 4.74 Å². The van der Waals surface area contributed by atoms with E-state index in [2.05, 4.69) is 22.0 Å². The van der Waals surface area contributed by atoms with Crippen molar-refractivity contribution in [3.63, 3.8) is 0 Å². The lowest BCUT2D eigenvalue weighted by Crippen LogP contribution is -2.35. The number of rotatable bonds is 2. The van der Waals surface area contributed by atoms with Gasteiger partial charge in [0.2, 0.25) is 0 Å². The molecule has 102 valence electrons. The Morgan fingerprint density at radius 2 is 2.11 bits per heavy atom. The summed E-state index contributed by atoms with van der Waals surface area (Å²) < 4.78 is 6.70. The largest absolute Gasteiger partial charge is 0.379 e. The van der Waals surface area contributed by atoms with Gasteiger partial charge in [-0.1, -0.05) is 22.0 Å². The van der Waals surface area contributed by atoms with Gasteiger partial charge in [-0.15, -0.1) is 0 Å². The first-order valence-electron chi connectivity index (χ1n) is 7.09. The van der Waals surface area contributed by atoms with E-state index in [1.165, 1.54) is 5.56 Å². The van der Waals surface area contributed by atoms with E-state index in [0.717, 1.165) is 48.7 Å². The minimum atomic E-state index is -0.128. The summed E-state index contributed by atoms with van der Waals surface area (Å²) in [7, 11) is 0. The highest BCUT2D eigenvalue weighted by Crippen LogP contribution is 2.48. The molecule has 3 heteroatoms. The number of halogens is 1. The van der Waals surface area contributed by atoms with Crippen molar-refractivity contribution in [1.29, 1.82) is 0 Å². The van der Waals surface area contributed by atoms with Crippen molar-refractivity contribution in [1.82, 2.24) is 0 Å². The predicted octanol–water partition coefficient (Wildman–Crippen LogP) is 4.15. The van der Waals surface area contributed by atoms with Gasteiger partial charge in [0.1, 0.15) is 0 Å². The second-order valence-corrected chi connectivity index (χ2v) is 6.66. The van der Waals surface area contributed by atoms with Crippen LogP contribution in [0.2, 0.25) is 0 Å². The molecular weight excluding hydrogens is 304 g/mol. The number of fused-ring (bicyclic) bond motifs is 1. The van der Waals surface area contributed by atoms with Crippen molar-refractivity contribution >= 4 is 21.7 Å². The summed E-state index contributed by atoms with van der Waals surface area (Å²) in [5, 5.41) is 0. The van der Waals surface area contributed by atoms with E-state index >= 15 is 0 Å². The minimum Gasteiger partial charge on any atom is -0.379 e. The lowest BCUT2D eigenvalue weighted by Gasteiger charge is -2.35. The topological polar surface area (TPSA) is 26.3 Å². The molecular formula is C16H19BrO2. The molecule has 0 heterocycles. The van der Waals surface area contributed by atoms with Crippen LogP contribution in [0.5, 0.6) is 0 Å². The fourth-order valence-corrected chi connectivity index (χ4v) is 3.96. The lowest BCUT2D eigenvalue weighted by atomic mass is 9.70. The predicted molar refractivity (Wildman–Crippen MR) is 78.5 cm³/mol. The molecule has 1 fully saturated rings. The maximum absolute atomic E-state index is 12.7. The normalized spacial score (nSPS) is 29.8. The highest BCUT2D eigenvalue weighted by Gasteiger charge is 2.47. The Kier molecular flexibility index (Phi) is 3.52. The Bertz CT molecular complexity index is 501. The quantitative estimate of drug-likeness (QED) is 0.817. The number of benzene rings is 1. The van der Waals surface area contributed by atoms with Gasteiger partial charge in [0, 0.05) is 22.1 Å². The molecule has 0 radical (unpaired) electrons. The van der Waals surface area contributed by atoms with Gasteiger partial charge in [0.15, 0.2) is 5.78 Å². The molecule has 0 bridgehead atoms. The summed E-state index contributed by atoms with van der Waals surface area (Å²) in [6.07, 6.45) is 5.28. The molecule has 3 rings (SSSR count). The first-order chi connectivity index (χ1) is 9.14. The fourth-order valence-electron chi connectivity index (χ4n) is 3.59. The number of ketones is 1. The minimum absolute atomic E-state index is 0.128. The zero-order valence-electron chi connectivity index (χ0n) is 11.2. The third-order valence-electron chi connectivity index (χ3n) is 4.62. The molecule has 2 nitrogen and oxygen atoms in total. The molecule has 1 saturated carbocycles. The molecule has 0 saturated heterocycles. The van der Waals surface area contributed by atoms with Gasteiger partial charge < -0.3 is 4.74 Å². The number of carbonyl (C=O) groups is 1. The molecule has 0 aliphatic heterocycles. The van der Waals surface area contributed by atoms with Crippen molar-refractivity contribution in [3.05, 3.63) is 33.8 Å². The molecule has 0 N–H and O–H groups in total. The van der Waals surface area contributed by atoms with Crippen molar-refractivity contribution < 1.29 is 9.53 Å². The van der Waals surface area contributed by atoms with Crippen LogP contribution in [-0.4, -0.2) is 18.5 Å². The summed E-state index contributed by atoms with van der Waals surface area (Å²) in [6, 6.07) is 6.12. The SMILES string of the molecule is CCO[C@H]1CC[C@@]2(CC1)Cc1ccc(Br)cc1C2=O. The van der Waals surface area contributed by atoms with E-state index in [-0.39, 0.29) is 5.41 Å². The zero-order valence-corrected chi connectivity index (χ0v) is 12.8. The molecule has 1 aromatic rings. The van der Waals surface area contributed by atoms with E-state index in [1.807, 2.05) is 19.1 Å². The third-order valence-corrected chi connectivity index (χ3v) is 5.11. The monoisotopic (exact) mass is 322 g/mol. The van der Waals surface area contributed by atoms with Crippen molar-refractivity contribution in [2.24, 2.45) is 5.41 Å². The first-order valence-corrected chi connectivity index (χ1v) is 7.89. The molecule has 0 unspecified atom stereocenters. The molecule has 0 amide bonds. The second kappa shape index (κ2) is 5.02. The van der Waals surface area contributed by atoms with Gasteiger partial charge in [-0.2, -0.15) is 0 Å². The molecule has 2 aliphatic carbocycles. The van der Waals surface area contributed by atoms with Crippen molar-refractivity contribution in [3.8, 4) is 0 Å². The summed E-state index contributed by atoms with van der Waals surface area (Å²) >= 11 is 3.46. The van der Waals surface area contributed by atoms with Gasteiger partial charge >= 0.3 is 0 Å². The van der Waals surface area contributed by atoms with Crippen LogP contribution < -0.4 is 0 Å². The Morgan fingerprint density at radius 3 is 2.79 bits per heavy atom. The van der Waals surface area contributed by atoms with E-state index in [9.17, 15) is 4.79 Å². The van der Waals surface area contributed by atoms with Gasteiger partial charge in [-0.3, -0.25) is 4.79 Å². The molecule has 0 atom stereocenters. The molecule has 1 spiro atoms. The number of Topliss-reactive ketones (excluding diaryl/α,β-unsaturated/α-hetero) is 1. The average molecular weight is 323 g/mol. The van der Waals surface area contributed by atoms with Crippen LogP contribution in [0, 0.1) is 5.41 Å². The summed E-state index contributed by atoms with van der Waals surface area (Å²) in [5.41, 5.74) is 2.03. The highest BCUT2D eigenvalue weighted by molar-refractivity contribution is 9.10. The van der Waals surface area contributed by atoms with E-state index in [1.54, 1.807) is 0 Å². The third kappa shape index (κ3) is 2.27. The summed E-state index contributed by atoms with van der Waals surface area (Å²) in [6.45, 7) is 2.82. The van der Waals surface area contributed by atoms with E-state index in [0.29, 0.717) is 11.9 Å². The number of hydrogen-bond acceptors (Lipinski definition) is 2.